The molecule has 3 heteroatoms. The van der Waals surface area contributed by atoms with Crippen molar-refractivity contribution in [3.8, 4) is 0 Å². The van der Waals surface area contributed by atoms with Crippen molar-refractivity contribution < 1.29 is 4.79 Å². The Morgan fingerprint density at radius 3 is 2.07 bits per heavy atom. The van der Waals surface area contributed by atoms with Crippen LogP contribution in [0.2, 0.25) is 0 Å². The van der Waals surface area contributed by atoms with Crippen LogP contribution in [0.5, 0.6) is 0 Å². The van der Waals surface area contributed by atoms with Crippen molar-refractivity contribution in [2.24, 2.45) is 0 Å². The molecule has 0 aliphatic carbocycles. The molecule has 0 N–H and O–H groups in total. The molecule has 0 atom stereocenters. The van der Waals surface area contributed by atoms with E-state index in [0.29, 0.717) is 5.57 Å². The van der Waals surface area contributed by atoms with E-state index < -0.39 is 0 Å². The number of likely N-dealkylation sites (N-methyl/N-ethyl adjacent to an activating group) is 2. The summed E-state index contributed by atoms with van der Waals surface area (Å²) in [5.41, 5.74) is 0.604. The first-order valence-corrected chi connectivity index (χ1v) is 5.16. The van der Waals surface area contributed by atoms with Crippen LogP contribution in [0.15, 0.2) is 12.2 Å². The third-order valence-electron chi connectivity index (χ3n) is 2.36. The molecular formula is C11H22N2O. The zero-order valence-electron chi connectivity index (χ0n) is 9.84. The molecule has 0 rings (SSSR count). The lowest BCUT2D eigenvalue weighted by Crippen LogP contribution is -2.36. The number of rotatable bonds is 6. The number of hydrogen-bond donors (Lipinski definition) is 0. The Bertz CT molecular complexity index is 197. The minimum absolute atomic E-state index is 0.0390. The monoisotopic (exact) mass is 198 g/mol. The summed E-state index contributed by atoms with van der Waals surface area (Å²) < 4.78 is 0. The third-order valence-corrected chi connectivity index (χ3v) is 2.36. The van der Waals surface area contributed by atoms with Crippen molar-refractivity contribution in [2.75, 3.05) is 33.2 Å². The van der Waals surface area contributed by atoms with E-state index in [1.807, 2.05) is 7.05 Å². The fourth-order valence-electron chi connectivity index (χ4n) is 1.26. The van der Waals surface area contributed by atoms with Crippen LogP contribution in [-0.2, 0) is 4.79 Å². The summed E-state index contributed by atoms with van der Waals surface area (Å²) in [5, 5.41) is 0. The minimum Gasteiger partial charge on any atom is -0.341 e. The average molecular weight is 198 g/mol. The molecule has 0 aliphatic heterocycles. The Balaban J connectivity index is 3.89. The second-order valence-corrected chi connectivity index (χ2v) is 3.53. The van der Waals surface area contributed by atoms with Gasteiger partial charge in [-0.15, -0.1) is 0 Å². The molecule has 14 heavy (non-hydrogen) atoms. The normalized spacial score (nSPS) is 10.4. The van der Waals surface area contributed by atoms with Crippen molar-refractivity contribution >= 4 is 5.91 Å². The van der Waals surface area contributed by atoms with Crippen LogP contribution in [0.3, 0.4) is 0 Å². The van der Waals surface area contributed by atoms with Crippen LogP contribution in [0.25, 0.3) is 0 Å². The van der Waals surface area contributed by atoms with Gasteiger partial charge >= 0.3 is 0 Å². The highest BCUT2D eigenvalue weighted by molar-refractivity contribution is 5.91. The van der Waals surface area contributed by atoms with Crippen molar-refractivity contribution in [1.29, 1.82) is 0 Å². The second-order valence-electron chi connectivity index (χ2n) is 3.53. The summed E-state index contributed by atoms with van der Waals surface area (Å²) in [6.45, 7) is 13.4. The molecule has 0 radical (unpaired) electrons. The van der Waals surface area contributed by atoms with Crippen molar-refractivity contribution in [1.82, 2.24) is 9.80 Å². The molecule has 82 valence electrons. The van der Waals surface area contributed by atoms with Gasteiger partial charge in [0.1, 0.15) is 0 Å². The van der Waals surface area contributed by atoms with Crippen LogP contribution < -0.4 is 0 Å². The van der Waals surface area contributed by atoms with Crippen LogP contribution in [0, 0.1) is 0 Å². The Hall–Kier alpha value is -0.830. The fraction of sp³-hybridized carbons (Fsp3) is 0.727. The third kappa shape index (κ3) is 4.42. The fourth-order valence-corrected chi connectivity index (χ4v) is 1.26. The SMILES string of the molecule is C=C(C)C(=O)N(C)CCN(CC)CC. The predicted molar refractivity (Wildman–Crippen MR) is 60.2 cm³/mol. The predicted octanol–water partition coefficient (Wildman–Crippen LogP) is 1.36. The summed E-state index contributed by atoms with van der Waals surface area (Å²) >= 11 is 0. The molecule has 0 unspecified atom stereocenters. The molecule has 0 aromatic rings. The van der Waals surface area contributed by atoms with Gasteiger partial charge in [-0.05, 0) is 20.0 Å². The van der Waals surface area contributed by atoms with E-state index in [9.17, 15) is 4.79 Å². The molecule has 0 bridgehead atoms. The standard InChI is InChI=1S/C11H22N2O/c1-6-13(7-2)9-8-12(5)11(14)10(3)4/h3,6-9H2,1-2,4-5H3. The molecule has 0 fully saturated rings. The van der Waals surface area contributed by atoms with Gasteiger partial charge in [-0.2, -0.15) is 0 Å². The van der Waals surface area contributed by atoms with Gasteiger partial charge in [0, 0.05) is 25.7 Å². The lowest BCUT2D eigenvalue weighted by Gasteiger charge is -2.23. The van der Waals surface area contributed by atoms with E-state index >= 15 is 0 Å². The number of amides is 1. The summed E-state index contributed by atoms with van der Waals surface area (Å²) in [4.78, 5) is 15.5. The van der Waals surface area contributed by atoms with Crippen molar-refractivity contribution in [3.63, 3.8) is 0 Å². The Morgan fingerprint density at radius 2 is 1.71 bits per heavy atom. The van der Waals surface area contributed by atoms with Crippen LogP contribution in [0.4, 0.5) is 0 Å². The molecule has 0 aliphatic rings. The van der Waals surface area contributed by atoms with E-state index in [2.05, 4.69) is 25.3 Å². The molecule has 0 heterocycles. The average Bonchev–Trinajstić information content (AvgIpc) is 2.17. The zero-order chi connectivity index (χ0) is 11.1. The topological polar surface area (TPSA) is 23.6 Å². The van der Waals surface area contributed by atoms with Gasteiger partial charge in [-0.1, -0.05) is 20.4 Å². The first-order chi connectivity index (χ1) is 6.52. The second kappa shape index (κ2) is 6.60. The highest BCUT2D eigenvalue weighted by Gasteiger charge is 2.09. The van der Waals surface area contributed by atoms with E-state index in [1.54, 1.807) is 11.8 Å². The van der Waals surface area contributed by atoms with E-state index in [4.69, 9.17) is 0 Å². The minimum atomic E-state index is 0.0390. The van der Waals surface area contributed by atoms with Gasteiger partial charge in [0.05, 0.1) is 0 Å². The lowest BCUT2D eigenvalue weighted by atomic mass is 10.3. The Labute approximate surface area is 87.4 Å². The smallest absolute Gasteiger partial charge is 0.248 e. The van der Waals surface area contributed by atoms with Crippen LogP contribution in [-0.4, -0.2) is 48.9 Å². The summed E-state index contributed by atoms with van der Waals surface area (Å²) in [5.74, 6) is 0.0390. The molecule has 3 nitrogen and oxygen atoms in total. The molecule has 0 aromatic heterocycles. The summed E-state index contributed by atoms with van der Waals surface area (Å²) in [7, 11) is 1.82. The molecule has 0 saturated carbocycles. The molecule has 0 spiro atoms. The van der Waals surface area contributed by atoms with Gasteiger partial charge in [-0.25, -0.2) is 0 Å². The van der Waals surface area contributed by atoms with Crippen molar-refractivity contribution in [2.45, 2.75) is 20.8 Å². The summed E-state index contributed by atoms with van der Waals surface area (Å²) in [6, 6.07) is 0. The molecular weight excluding hydrogens is 176 g/mol. The van der Waals surface area contributed by atoms with E-state index in [1.165, 1.54) is 0 Å². The Morgan fingerprint density at radius 1 is 1.21 bits per heavy atom. The lowest BCUT2D eigenvalue weighted by molar-refractivity contribution is -0.126. The van der Waals surface area contributed by atoms with Gasteiger partial charge in [-0.3, -0.25) is 4.79 Å². The number of carbonyl (C=O) groups excluding carboxylic acids is 1. The number of carbonyl (C=O) groups is 1. The first kappa shape index (κ1) is 13.2. The van der Waals surface area contributed by atoms with E-state index in [0.717, 1.165) is 26.2 Å². The summed E-state index contributed by atoms with van der Waals surface area (Å²) in [6.07, 6.45) is 0. The maximum absolute atomic E-state index is 11.4. The van der Waals surface area contributed by atoms with Gasteiger partial charge < -0.3 is 9.80 Å². The van der Waals surface area contributed by atoms with E-state index in [-0.39, 0.29) is 5.91 Å². The maximum atomic E-state index is 11.4. The van der Waals surface area contributed by atoms with Gasteiger partial charge in [0.25, 0.3) is 0 Å². The van der Waals surface area contributed by atoms with Crippen LogP contribution in [0.1, 0.15) is 20.8 Å². The number of nitrogens with zero attached hydrogens (tertiary/aromatic N) is 2. The zero-order valence-corrected chi connectivity index (χ0v) is 9.84. The van der Waals surface area contributed by atoms with Crippen LogP contribution >= 0.6 is 0 Å². The number of hydrogen-bond acceptors (Lipinski definition) is 2. The maximum Gasteiger partial charge on any atom is 0.248 e. The molecule has 0 aromatic carbocycles. The highest BCUT2D eigenvalue weighted by Crippen LogP contribution is 1.96. The Kier molecular flexibility index (Phi) is 6.21. The molecule has 0 saturated heterocycles. The quantitative estimate of drug-likeness (QED) is 0.602. The highest BCUT2D eigenvalue weighted by atomic mass is 16.2. The first-order valence-electron chi connectivity index (χ1n) is 5.16. The van der Waals surface area contributed by atoms with Crippen molar-refractivity contribution in [3.05, 3.63) is 12.2 Å². The largest absolute Gasteiger partial charge is 0.341 e. The van der Waals surface area contributed by atoms with Gasteiger partial charge in [0.2, 0.25) is 5.91 Å². The van der Waals surface area contributed by atoms with Gasteiger partial charge in [0.15, 0.2) is 0 Å². The molecule has 1 amide bonds.